The number of halogens is 2. The van der Waals surface area contributed by atoms with Crippen LogP contribution in [0.2, 0.25) is 0 Å². The molecule has 15 heavy (non-hydrogen) atoms. The Morgan fingerprint density at radius 1 is 1.60 bits per heavy atom. The molecule has 0 N–H and O–H groups in total. The molecule has 1 heterocycles. The fraction of sp³-hybridized carbons (Fsp3) is 0.583. The van der Waals surface area contributed by atoms with E-state index in [1.54, 1.807) is 6.20 Å². The number of hydrogen-bond acceptors (Lipinski definition) is 1. The molecule has 1 aromatic rings. The zero-order valence-electron chi connectivity index (χ0n) is 8.95. The Kier molecular flexibility index (Phi) is 2.84. The van der Waals surface area contributed by atoms with Gasteiger partial charge in [0.1, 0.15) is 6.17 Å². The van der Waals surface area contributed by atoms with Crippen molar-refractivity contribution in [2.24, 2.45) is 5.41 Å². The van der Waals surface area contributed by atoms with Gasteiger partial charge in [0, 0.05) is 28.1 Å². The predicted molar refractivity (Wildman–Crippen MR) is 63.0 cm³/mol. The molecule has 1 nitrogen and oxygen atoms in total. The minimum Gasteiger partial charge on any atom is -0.261 e. The van der Waals surface area contributed by atoms with Crippen LogP contribution in [0.3, 0.4) is 0 Å². The highest BCUT2D eigenvalue weighted by Gasteiger charge is 2.57. The largest absolute Gasteiger partial charge is 0.261 e. The number of alkyl halides is 2. The number of aromatic nitrogens is 1. The van der Waals surface area contributed by atoms with Crippen LogP contribution < -0.4 is 0 Å². The summed E-state index contributed by atoms with van der Waals surface area (Å²) in [6.07, 6.45) is 1.79. The lowest BCUT2D eigenvalue weighted by molar-refractivity contribution is 0.356. The van der Waals surface area contributed by atoms with Gasteiger partial charge in [-0.15, -0.1) is 0 Å². The molecule has 0 bridgehead atoms. The quantitative estimate of drug-likeness (QED) is 0.764. The van der Waals surface area contributed by atoms with Crippen LogP contribution in [0, 0.1) is 5.41 Å². The van der Waals surface area contributed by atoms with Gasteiger partial charge in [0.15, 0.2) is 0 Å². The molecular weight excluding hydrogens is 257 g/mol. The van der Waals surface area contributed by atoms with Gasteiger partial charge in [-0.1, -0.05) is 35.8 Å². The lowest BCUT2D eigenvalue weighted by atomic mass is 9.92. The van der Waals surface area contributed by atoms with Gasteiger partial charge in [0.2, 0.25) is 0 Å². The van der Waals surface area contributed by atoms with Crippen LogP contribution >= 0.6 is 15.9 Å². The fourth-order valence-corrected chi connectivity index (χ4v) is 2.72. The zero-order valence-corrected chi connectivity index (χ0v) is 10.5. The van der Waals surface area contributed by atoms with Crippen LogP contribution in [0.25, 0.3) is 0 Å². The first-order chi connectivity index (χ1) is 7.05. The minimum atomic E-state index is -0.659. The first-order valence-corrected chi connectivity index (χ1v) is 6.16. The molecule has 0 aromatic carbocycles. The minimum absolute atomic E-state index is 0.162. The van der Waals surface area contributed by atoms with Crippen molar-refractivity contribution in [3.05, 3.63) is 30.1 Å². The molecule has 82 valence electrons. The molecule has 0 radical (unpaired) electrons. The average molecular weight is 272 g/mol. The summed E-state index contributed by atoms with van der Waals surface area (Å²) in [4.78, 5) is 4.48. The Hall–Kier alpha value is -0.440. The van der Waals surface area contributed by atoms with Crippen LogP contribution in [0.4, 0.5) is 4.39 Å². The highest BCUT2D eigenvalue weighted by molar-refractivity contribution is 9.09. The molecule has 2 rings (SSSR count). The van der Waals surface area contributed by atoms with Crippen molar-refractivity contribution in [1.29, 1.82) is 0 Å². The molecule has 0 amide bonds. The van der Waals surface area contributed by atoms with E-state index >= 15 is 0 Å². The number of nitrogens with zero attached hydrogens (tertiary/aromatic N) is 1. The highest BCUT2D eigenvalue weighted by Crippen LogP contribution is 2.56. The summed E-state index contributed by atoms with van der Waals surface area (Å²) in [6.45, 7) is 4.09. The van der Waals surface area contributed by atoms with Crippen LogP contribution in [0.1, 0.15) is 31.9 Å². The van der Waals surface area contributed by atoms with Crippen LogP contribution in [0.5, 0.6) is 0 Å². The lowest BCUT2D eigenvalue weighted by Gasteiger charge is -2.23. The maximum absolute atomic E-state index is 13.2. The average Bonchev–Trinajstić information content (AvgIpc) is 2.87. The van der Waals surface area contributed by atoms with E-state index in [0.717, 1.165) is 5.69 Å². The van der Waals surface area contributed by atoms with Crippen molar-refractivity contribution in [3.8, 4) is 0 Å². The Morgan fingerprint density at radius 2 is 2.27 bits per heavy atom. The van der Waals surface area contributed by atoms with Crippen LogP contribution in [0.15, 0.2) is 24.4 Å². The van der Waals surface area contributed by atoms with E-state index in [1.165, 1.54) is 0 Å². The monoisotopic (exact) mass is 271 g/mol. The fourth-order valence-electron chi connectivity index (χ4n) is 1.98. The smallest absolute Gasteiger partial charge is 0.107 e. The Balaban J connectivity index is 2.12. The summed E-state index contributed by atoms with van der Waals surface area (Å²) in [5.74, 6) is 0.247. The summed E-state index contributed by atoms with van der Waals surface area (Å²) in [5.41, 5.74) is 0.830. The van der Waals surface area contributed by atoms with Gasteiger partial charge in [-0.3, -0.25) is 4.98 Å². The van der Waals surface area contributed by atoms with Gasteiger partial charge in [-0.25, -0.2) is 4.39 Å². The molecule has 3 heteroatoms. The Bertz CT molecular complexity index is 343. The van der Waals surface area contributed by atoms with E-state index in [4.69, 9.17) is 0 Å². The molecule has 1 fully saturated rings. The normalized spacial score (nSPS) is 33.5. The van der Waals surface area contributed by atoms with E-state index in [2.05, 4.69) is 27.8 Å². The summed E-state index contributed by atoms with van der Waals surface area (Å²) in [5, 5.41) is 0. The zero-order chi connectivity index (χ0) is 11.1. The maximum Gasteiger partial charge on any atom is 0.107 e. The van der Waals surface area contributed by atoms with E-state index in [1.807, 2.05) is 25.1 Å². The first kappa shape index (κ1) is 11.1. The topological polar surface area (TPSA) is 12.9 Å². The summed E-state index contributed by atoms with van der Waals surface area (Å²) < 4.78 is 13.2. The third kappa shape index (κ3) is 1.94. The summed E-state index contributed by atoms with van der Waals surface area (Å²) >= 11 is 3.62. The van der Waals surface area contributed by atoms with Crippen molar-refractivity contribution >= 4 is 15.9 Å². The Morgan fingerprint density at radius 3 is 2.73 bits per heavy atom. The van der Waals surface area contributed by atoms with Crippen molar-refractivity contribution in [2.75, 3.05) is 0 Å². The van der Waals surface area contributed by atoms with Gasteiger partial charge in [-0.2, -0.15) is 0 Å². The molecule has 0 saturated heterocycles. The lowest BCUT2D eigenvalue weighted by Crippen LogP contribution is -2.22. The van der Waals surface area contributed by atoms with Gasteiger partial charge >= 0.3 is 0 Å². The van der Waals surface area contributed by atoms with E-state index in [9.17, 15) is 4.39 Å². The molecule has 0 aliphatic heterocycles. The predicted octanol–water partition coefficient (Wildman–Crippen LogP) is 3.70. The number of hydrogen-bond donors (Lipinski definition) is 0. The second-order valence-corrected chi connectivity index (χ2v) is 5.61. The van der Waals surface area contributed by atoms with Gasteiger partial charge < -0.3 is 0 Å². The molecule has 4 unspecified atom stereocenters. The molecule has 1 aliphatic rings. The van der Waals surface area contributed by atoms with Gasteiger partial charge in [-0.05, 0) is 18.6 Å². The van der Waals surface area contributed by atoms with Crippen LogP contribution in [-0.2, 0) is 0 Å². The molecule has 1 aliphatic carbocycles. The maximum atomic E-state index is 13.2. The molecule has 0 spiro atoms. The summed E-state index contributed by atoms with van der Waals surface area (Å²) in [7, 11) is 0. The van der Waals surface area contributed by atoms with Crippen LogP contribution in [-0.4, -0.2) is 16.0 Å². The van der Waals surface area contributed by atoms with Crippen molar-refractivity contribution in [2.45, 2.75) is 37.2 Å². The van der Waals surface area contributed by atoms with Crippen molar-refractivity contribution < 1.29 is 4.39 Å². The Labute approximate surface area is 98.2 Å². The third-order valence-corrected chi connectivity index (χ3v) is 5.24. The standard InChI is InChI=1S/C12H15BrFN/c1-8(9-5-3-4-6-15-9)11(13)12(2)7-10(12)14/h3-6,8,10-11H,7H2,1-2H3. The van der Waals surface area contributed by atoms with Crippen molar-refractivity contribution in [3.63, 3.8) is 0 Å². The molecule has 1 saturated carbocycles. The third-order valence-electron chi connectivity index (χ3n) is 3.40. The molecule has 4 atom stereocenters. The van der Waals surface area contributed by atoms with Gasteiger partial charge in [0.25, 0.3) is 0 Å². The van der Waals surface area contributed by atoms with Gasteiger partial charge in [0.05, 0.1) is 0 Å². The highest BCUT2D eigenvalue weighted by atomic mass is 79.9. The second-order valence-electron chi connectivity index (χ2n) is 4.62. The molecular formula is C12H15BrFN. The van der Waals surface area contributed by atoms with Crippen molar-refractivity contribution in [1.82, 2.24) is 4.98 Å². The summed E-state index contributed by atoms with van der Waals surface area (Å²) in [6, 6.07) is 5.87. The SMILES string of the molecule is CC(c1ccccn1)C(Br)C1(C)CC1F. The van der Waals surface area contributed by atoms with E-state index in [-0.39, 0.29) is 16.2 Å². The van der Waals surface area contributed by atoms with E-state index < -0.39 is 6.17 Å². The molecule has 1 aromatic heterocycles. The van der Waals surface area contributed by atoms with E-state index in [0.29, 0.717) is 6.42 Å². The number of pyridine rings is 1. The number of rotatable bonds is 3. The second kappa shape index (κ2) is 3.85. The first-order valence-electron chi connectivity index (χ1n) is 5.25.